The number of aromatic hydroxyl groups is 4. The average molecular weight is 725 g/mol. The van der Waals surface area contributed by atoms with Crippen molar-refractivity contribution in [2.45, 2.75) is 52.9 Å². The zero-order valence-corrected chi connectivity index (χ0v) is 31.3. The third-order valence-corrected chi connectivity index (χ3v) is 8.14. The molecule has 0 saturated heterocycles. The van der Waals surface area contributed by atoms with Crippen molar-refractivity contribution < 1.29 is 58.3 Å². The monoisotopic (exact) mass is 724 g/mol. The molecule has 0 amide bonds. The molecule has 52 heavy (non-hydrogen) atoms. The lowest BCUT2D eigenvalue weighted by Gasteiger charge is -2.16. The summed E-state index contributed by atoms with van der Waals surface area (Å²) in [5, 5.41) is 41.6. The molecule has 4 N–H and O–H groups in total. The molecule has 284 valence electrons. The van der Waals surface area contributed by atoms with Crippen LogP contribution in [0.4, 0.5) is 0 Å². The van der Waals surface area contributed by atoms with E-state index in [1.807, 2.05) is 48.5 Å². The second-order valence-electron chi connectivity index (χ2n) is 12.0. The summed E-state index contributed by atoms with van der Waals surface area (Å²) < 4.78 is 41.6. The molecule has 12 heteroatoms. The first-order valence-corrected chi connectivity index (χ1v) is 16.4. The van der Waals surface area contributed by atoms with Gasteiger partial charge in [0.2, 0.25) is 0 Å². The van der Waals surface area contributed by atoms with Gasteiger partial charge < -0.3 is 58.3 Å². The van der Waals surface area contributed by atoms with Crippen molar-refractivity contribution in [2.24, 2.45) is 0 Å². The standard InChI is InChI=1S/2C20H26O6/c2*1-23-9-15-5-13(6-16(10-24-2)19(15)21)14-7-17(11-25-3)20(22)18(8-14)12-26-4/h2*5-8,21-22H,9-12H2,1-4H3. The molecule has 4 rings (SSSR count). The summed E-state index contributed by atoms with van der Waals surface area (Å²) >= 11 is 0. The Morgan fingerprint density at radius 2 is 0.385 bits per heavy atom. The first-order chi connectivity index (χ1) is 25.1. The largest absolute Gasteiger partial charge is 0.507 e. The maximum Gasteiger partial charge on any atom is 0.126 e. The highest BCUT2D eigenvalue weighted by molar-refractivity contribution is 5.71. The molecule has 0 spiro atoms. The SMILES string of the molecule is COCc1cc(-c2cc(COC)c(O)c(COC)c2)cc(COC)c1O.COCc1cc(-c2cc(COC)c(O)c(COC)c2)cc(COC)c1O. The Labute approximate surface area is 306 Å². The molecule has 0 atom stereocenters. The average Bonchev–Trinajstić information content (AvgIpc) is 3.12. The fraction of sp³-hybridized carbons (Fsp3) is 0.400. The highest BCUT2D eigenvalue weighted by Gasteiger charge is 2.17. The van der Waals surface area contributed by atoms with E-state index < -0.39 is 0 Å². The van der Waals surface area contributed by atoms with Crippen LogP contribution in [-0.4, -0.2) is 77.3 Å². The Morgan fingerprint density at radius 3 is 0.481 bits per heavy atom. The number of hydrogen-bond donors (Lipinski definition) is 4. The number of benzene rings is 4. The van der Waals surface area contributed by atoms with E-state index in [1.165, 1.54) is 0 Å². The van der Waals surface area contributed by atoms with Gasteiger partial charge in [0.05, 0.1) is 52.9 Å². The molecule has 4 aromatic rings. The van der Waals surface area contributed by atoms with Gasteiger partial charge in [0.15, 0.2) is 0 Å². The second-order valence-corrected chi connectivity index (χ2v) is 12.0. The minimum atomic E-state index is 0.172. The molecule has 0 aliphatic heterocycles. The van der Waals surface area contributed by atoms with Crippen LogP contribution in [0.1, 0.15) is 44.5 Å². The molecule has 0 radical (unpaired) electrons. The van der Waals surface area contributed by atoms with E-state index in [4.69, 9.17) is 37.9 Å². The van der Waals surface area contributed by atoms with Crippen molar-refractivity contribution in [3.8, 4) is 45.3 Å². The van der Waals surface area contributed by atoms with Crippen LogP contribution in [0, 0.1) is 0 Å². The molecular weight excluding hydrogens is 672 g/mol. The molecular formula is C40H52O12. The summed E-state index contributed by atoms with van der Waals surface area (Å²) in [5.74, 6) is 0.687. The normalized spacial score (nSPS) is 11.1. The van der Waals surface area contributed by atoms with Gasteiger partial charge >= 0.3 is 0 Å². The Bertz CT molecular complexity index is 1370. The number of ether oxygens (including phenoxy) is 8. The molecule has 0 aliphatic rings. The fourth-order valence-corrected chi connectivity index (χ4v) is 5.83. The molecule has 12 nitrogen and oxygen atoms in total. The van der Waals surface area contributed by atoms with Crippen molar-refractivity contribution in [1.82, 2.24) is 0 Å². The maximum atomic E-state index is 10.4. The summed E-state index contributed by atoms with van der Waals surface area (Å²) in [6.45, 7) is 2.26. The minimum absolute atomic E-state index is 0.172. The van der Waals surface area contributed by atoms with Crippen molar-refractivity contribution in [3.63, 3.8) is 0 Å². The fourth-order valence-electron chi connectivity index (χ4n) is 5.83. The van der Waals surface area contributed by atoms with Crippen molar-refractivity contribution in [1.29, 1.82) is 0 Å². The van der Waals surface area contributed by atoms with Crippen LogP contribution in [0.15, 0.2) is 48.5 Å². The first kappa shape index (κ1) is 42.2. The summed E-state index contributed by atoms with van der Waals surface area (Å²) in [6, 6.07) is 15.0. The molecule has 0 fully saturated rings. The van der Waals surface area contributed by atoms with Gasteiger partial charge in [-0.1, -0.05) is 0 Å². The number of phenolic OH excluding ortho intramolecular Hbond substituents is 4. The van der Waals surface area contributed by atoms with Crippen molar-refractivity contribution >= 4 is 0 Å². The molecule has 0 heterocycles. The number of methoxy groups -OCH3 is 8. The topological polar surface area (TPSA) is 155 Å². The third kappa shape index (κ3) is 10.9. The molecule has 0 aromatic heterocycles. The lowest BCUT2D eigenvalue weighted by molar-refractivity contribution is 0.174. The summed E-state index contributed by atoms with van der Waals surface area (Å²) in [4.78, 5) is 0. The van der Waals surface area contributed by atoms with Crippen molar-refractivity contribution in [2.75, 3.05) is 56.9 Å². The van der Waals surface area contributed by atoms with Crippen LogP contribution in [0.2, 0.25) is 0 Å². The quantitative estimate of drug-likeness (QED) is 0.0863. The van der Waals surface area contributed by atoms with Gasteiger partial charge in [0.25, 0.3) is 0 Å². The lowest BCUT2D eigenvalue weighted by atomic mass is 9.95. The van der Waals surface area contributed by atoms with Gasteiger partial charge in [0, 0.05) is 101 Å². The minimum Gasteiger partial charge on any atom is -0.507 e. The predicted molar refractivity (Wildman–Crippen MR) is 196 cm³/mol. The highest BCUT2D eigenvalue weighted by Crippen LogP contribution is 2.37. The zero-order valence-electron chi connectivity index (χ0n) is 31.3. The lowest BCUT2D eigenvalue weighted by Crippen LogP contribution is -1.99. The van der Waals surface area contributed by atoms with E-state index in [9.17, 15) is 20.4 Å². The van der Waals surface area contributed by atoms with Crippen LogP contribution in [0.3, 0.4) is 0 Å². The maximum absolute atomic E-state index is 10.4. The van der Waals surface area contributed by atoms with Gasteiger partial charge in [0.1, 0.15) is 23.0 Å². The van der Waals surface area contributed by atoms with Crippen LogP contribution < -0.4 is 0 Å². The van der Waals surface area contributed by atoms with Gasteiger partial charge in [-0.15, -0.1) is 0 Å². The Hall–Kier alpha value is -4.24. The van der Waals surface area contributed by atoms with Crippen LogP contribution in [-0.2, 0) is 90.7 Å². The van der Waals surface area contributed by atoms with Crippen molar-refractivity contribution in [3.05, 3.63) is 93.0 Å². The van der Waals surface area contributed by atoms with E-state index in [1.54, 1.807) is 56.9 Å². The number of rotatable bonds is 18. The van der Waals surface area contributed by atoms with E-state index in [-0.39, 0.29) is 75.9 Å². The molecule has 0 aliphatic carbocycles. The van der Waals surface area contributed by atoms with Crippen LogP contribution in [0.25, 0.3) is 22.3 Å². The van der Waals surface area contributed by atoms with Gasteiger partial charge in [-0.05, 0) is 70.8 Å². The Balaban J connectivity index is 0.000000280. The van der Waals surface area contributed by atoms with Gasteiger partial charge in [-0.2, -0.15) is 0 Å². The summed E-state index contributed by atoms with van der Waals surface area (Å²) in [7, 11) is 12.6. The van der Waals surface area contributed by atoms with E-state index in [0.717, 1.165) is 22.3 Å². The zero-order chi connectivity index (χ0) is 38.2. The smallest absolute Gasteiger partial charge is 0.126 e. The van der Waals surface area contributed by atoms with Gasteiger partial charge in [-0.3, -0.25) is 0 Å². The molecule has 4 aromatic carbocycles. The Kier molecular flexibility index (Phi) is 17.3. The second kappa shape index (κ2) is 21.3. The van der Waals surface area contributed by atoms with Crippen LogP contribution in [0.5, 0.6) is 23.0 Å². The van der Waals surface area contributed by atoms with E-state index in [0.29, 0.717) is 44.5 Å². The van der Waals surface area contributed by atoms with E-state index >= 15 is 0 Å². The number of hydrogen-bond acceptors (Lipinski definition) is 12. The highest BCUT2D eigenvalue weighted by atomic mass is 16.5. The summed E-state index contributed by atoms with van der Waals surface area (Å²) in [6.07, 6.45) is 0. The molecule has 0 bridgehead atoms. The van der Waals surface area contributed by atoms with E-state index in [2.05, 4.69) is 0 Å². The number of phenols is 4. The predicted octanol–water partition coefficient (Wildman–Crippen LogP) is 6.70. The molecule has 0 saturated carbocycles. The first-order valence-electron chi connectivity index (χ1n) is 16.4. The van der Waals surface area contributed by atoms with Gasteiger partial charge in [-0.25, -0.2) is 0 Å². The van der Waals surface area contributed by atoms with Crippen LogP contribution >= 0.6 is 0 Å². The summed E-state index contributed by atoms with van der Waals surface area (Å²) in [5.41, 5.74) is 8.93. The Morgan fingerprint density at radius 1 is 0.269 bits per heavy atom. The molecule has 0 unspecified atom stereocenters. The third-order valence-electron chi connectivity index (χ3n) is 8.14.